The van der Waals surface area contributed by atoms with Crippen molar-refractivity contribution in [1.29, 1.82) is 0 Å². The number of carbonyl (C=O) groups is 3. The molecule has 3 rings (SSSR count). The van der Waals surface area contributed by atoms with Crippen molar-refractivity contribution in [3.63, 3.8) is 0 Å². The molecule has 1 aromatic carbocycles. The van der Waals surface area contributed by atoms with E-state index in [1.165, 1.54) is 21.3 Å². The van der Waals surface area contributed by atoms with Gasteiger partial charge in [-0.15, -0.1) is 0 Å². The van der Waals surface area contributed by atoms with Gasteiger partial charge in [0.2, 0.25) is 27.7 Å². The number of hydrogen-bond acceptors (Lipinski definition) is 5. The van der Waals surface area contributed by atoms with Crippen molar-refractivity contribution in [3.05, 3.63) is 35.9 Å². The van der Waals surface area contributed by atoms with Crippen LogP contribution in [0.25, 0.3) is 0 Å². The number of likely N-dealkylation sites (tertiary alicyclic amines) is 1. The van der Waals surface area contributed by atoms with Crippen LogP contribution < -0.4 is 5.32 Å². The summed E-state index contributed by atoms with van der Waals surface area (Å²) in [6.07, 6.45) is 4.92. The lowest BCUT2D eigenvalue weighted by Crippen LogP contribution is -2.34. The maximum atomic E-state index is 12.8. The highest BCUT2D eigenvalue weighted by atomic mass is 32.2. The molecule has 0 saturated carbocycles. The predicted molar refractivity (Wildman–Crippen MR) is 117 cm³/mol. The van der Waals surface area contributed by atoms with E-state index in [1.807, 2.05) is 12.2 Å². The molecule has 0 aromatic heterocycles. The molecule has 2 aliphatic rings. The van der Waals surface area contributed by atoms with Crippen LogP contribution in [0, 0.1) is 18.8 Å². The minimum Gasteiger partial charge on any atom is -0.326 e. The summed E-state index contributed by atoms with van der Waals surface area (Å²) in [5.74, 6) is -1.44. The van der Waals surface area contributed by atoms with Gasteiger partial charge in [-0.25, -0.2) is 8.42 Å². The first-order valence-electron chi connectivity index (χ1n) is 10.6. The molecule has 168 valence electrons. The Bertz CT molecular complexity index is 988. The third-order valence-corrected chi connectivity index (χ3v) is 8.03. The molecular weight excluding hydrogens is 418 g/mol. The first-order chi connectivity index (χ1) is 14.7. The summed E-state index contributed by atoms with van der Waals surface area (Å²) in [4.78, 5) is 38.9. The first-order valence-corrected chi connectivity index (χ1v) is 12.1. The van der Waals surface area contributed by atoms with Crippen LogP contribution in [0.1, 0.15) is 38.7 Å². The number of sulfonamides is 1. The normalized spacial score (nSPS) is 21.0. The number of carbonyl (C=O) groups excluding carboxylic acids is 3. The van der Waals surface area contributed by atoms with Crippen molar-refractivity contribution in [3.8, 4) is 0 Å². The van der Waals surface area contributed by atoms with Crippen molar-refractivity contribution >= 4 is 33.4 Å². The lowest BCUT2D eigenvalue weighted by molar-refractivity contribution is -0.140. The third-order valence-electron chi connectivity index (χ3n) is 5.99. The Morgan fingerprint density at radius 2 is 1.68 bits per heavy atom. The maximum absolute atomic E-state index is 12.8. The van der Waals surface area contributed by atoms with Gasteiger partial charge in [-0.05, 0) is 37.5 Å². The molecule has 8 nitrogen and oxygen atoms in total. The monoisotopic (exact) mass is 447 g/mol. The second-order valence-electron chi connectivity index (χ2n) is 7.85. The van der Waals surface area contributed by atoms with E-state index in [0.29, 0.717) is 31.6 Å². The fourth-order valence-electron chi connectivity index (χ4n) is 4.12. The zero-order chi connectivity index (χ0) is 22.8. The van der Waals surface area contributed by atoms with Crippen molar-refractivity contribution in [2.45, 2.75) is 44.9 Å². The minimum atomic E-state index is -3.65. The van der Waals surface area contributed by atoms with E-state index < -0.39 is 10.0 Å². The zero-order valence-electron chi connectivity index (χ0n) is 18.1. The SMILES string of the molecule is CCN(CC)S(=O)(=O)c1ccc(C)c(NC(=O)CCN2C(=O)[C@H]3CC=CC[C@@H]3C2=O)c1. The van der Waals surface area contributed by atoms with Crippen LogP contribution in [0.2, 0.25) is 0 Å². The van der Waals surface area contributed by atoms with Gasteiger partial charge in [-0.2, -0.15) is 4.31 Å². The predicted octanol–water partition coefficient (Wildman–Crippen LogP) is 2.31. The number of aryl methyl sites for hydroxylation is 1. The second-order valence-corrected chi connectivity index (χ2v) is 9.79. The molecule has 9 heteroatoms. The van der Waals surface area contributed by atoms with Gasteiger partial charge in [-0.3, -0.25) is 19.3 Å². The van der Waals surface area contributed by atoms with Crippen LogP contribution in [-0.2, 0) is 24.4 Å². The smallest absolute Gasteiger partial charge is 0.243 e. The molecule has 0 unspecified atom stereocenters. The number of imide groups is 1. The topological polar surface area (TPSA) is 104 Å². The number of fused-ring (bicyclic) bond motifs is 1. The second kappa shape index (κ2) is 9.32. The molecule has 0 bridgehead atoms. The van der Waals surface area contributed by atoms with Crippen LogP contribution in [0.3, 0.4) is 0 Å². The lowest BCUT2D eigenvalue weighted by Gasteiger charge is -2.19. The van der Waals surface area contributed by atoms with E-state index in [4.69, 9.17) is 0 Å². The van der Waals surface area contributed by atoms with Crippen LogP contribution in [-0.4, -0.2) is 55.0 Å². The summed E-state index contributed by atoms with van der Waals surface area (Å²) in [5, 5.41) is 2.73. The molecule has 3 amide bonds. The van der Waals surface area contributed by atoms with Gasteiger partial charge in [0, 0.05) is 31.7 Å². The molecular formula is C22H29N3O5S. The van der Waals surface area contributed by atoms with Crippen molar-refractivity contribution < 1.29 is 22.8 Å². The summed E-state index contributed by atoms with van der Waals surface area (Å²) >= 11 is 0. The number of anilines is 1. The van der Waals surface area contributed by atoms with Gasteiger partial charge in [0.1, 0.15) is 0 Å². The maximum Gasteiger partial charge on any atom is 0.243 e. The molecule has 1 aliphatic heterocycles. The standard InChI is InChI=1S/C22H29N3O5S/c1-4-24(5-2)31(29,30)16-11-10-15(3)19(14-16)23-20(26)12-13-25-21(27)17-8-6-7-9-18(17)22(25)28/h6-7,10-11,14,17-18H,4-5,8-9,12-13H2,1-3H3,(H,23,26)/t17-,18-/m0/s1. The highest BCUT2D eigenvalue weighted by molar-refractivity contribution is 7.89. The van der Waals surface area contributed by atoms with Crippen molar-refractivity contribution in [2.75, 3.05) is 25.0 Å². The van der Waals surface area contributed by atoms with Crippen LogP contribution in [0.15, 0.2) is 35.2 Å². The van der Waals surface area contributed by atoms with E-state index in [2.05, 4.69) is 5.32 Å². The first kappa shape index (κ1) is 23.1. The van der Waals surface area contributed by atoms with E-state index in [1.54, 1.807) is 26.8 Å². The fourth-order valence-corrected chi connectivity index (χ4v) is 5.61. The molecule has 1 N–H and O–H groups in total. The van der Waals surface area contributed by atoms with Gasteiger partial charge in [-0.1, -0.05) is 32.1 Å². The number of allylic oxidation sites excluding steroid dienone is 2. The number of nitrogens with one attached hydrogen (secondary N) is 1. The molecule has 0 spiro atoms. The summed E-state index contributed by atoms with van der Waals surface area (Å²) in [6.45, 7) is 6.03. The average molecular weight is 448 g/mol. The number of benzene rings is 1. The van der Waals surface area contributed by atoms with E-state index >= 15 is 0 Å². The van der Waals surface area contributed by atoms with Crippen molar-refractivity contribution in [2.24, 2.45) is 11.8 Å². The molecule has 1 heterocycles. The van der Waals surface area contributed by atoms with Gasteiger partial charge in [0.25, 0.3) is 0 Å². The minimum absolute atomic E-state index is 0.0208. The average Bonchev–Trinajstić information content (AvgIpc) is 2.99. The van der Waals surface area contributed by atoms with Crippen molar-refractivity contribution in [1.82, 2.24) is 9.21 Å². The number of nitrogens with zero attached hydrogens (tertiary/aromatic N) is 2. The molecule has 1 saturated heterocycles. The Labute approximate surface area is 183 Å². The highest BCUT2D eigenvalue weighted by Gasteiger charge is 2.46. The summed E-state index contributed by atoms with van der Waals surface area (Å²) in [6, 6.07) is 4.63. The van der Waals surface area contributed by atoms with E-state index in [9.17, 15) is 22.8 Å². The largest absolute Gasteiger partial charge is 0.326 e. The molecule has 1 aromatic rings. The number of hydrogen-bond donors (Lipinski definition) is 1. The van der Waals surface area contributed by atoms with Crippen LogP contribution >= 0.6 is 0 Å². The number of rotatable bonds is 8. The van der Waals surface area contributed by atoms with E-state index in [-0.39, 0.29) is 47.4 Å². The Balaban J connectivity index is 1.67. The fraction of sp³-hybridized carbons (Fsp3) is 0.500. The van der Waals surface area contributed by atoms with Gasteiger partial charge in [0.15, 0.2) is 0 Å². The molecule has 2 atom stereocenters. The van der Waals surface area contributed by atoms with E-state index in [0.717, 1.165) is 5.56 Å². The lowest BCUT2D eigenvalue weighted by atomic mass is 9.85. The van der Waals surface area contributed by atoms with Gasteiger partial charge < -0.3 is 5.32 Å². The summed E-state index contributed by atoms with van der Waals surface area (Å²) in [5.41, 5.74) is 1.12. The summed E-state index contributed by atoms with van der Waals surface area (Å²) in [7, 11) is -3.65. The Morgan fingerprint density at radius 1 is 1.10 bits per heavy atom. The van der Waals surface area contributed by atoms with Crippen LogP contribution in [0.5, 0.6) is 0 Å². The highest BCUT2D eigenvalue weighted by Crippen LogP contribution is 2.35. The van der Waals surface area contributed by atoms with Gasteiger partial charge >= 0.3 is 0 Å². The molecule has 0 radical (unpaired) electrons. The Hall–Kier alpha value is -2.52. The Kier molecular flexibility index (Phi) is 6.96. The Morgan fingerprint density at radius 3 is 2.23 bits per heavy atom. The van der Waals surface area contributed by atoms with Crippen LogP contribution in [0.4, 0.5) is 5.69 Å². The quantitative estimate of drug-likeness (QED) is 0.486. The summed E-state index contributed by atoms with van der Waals surface area (Å²) < 4.78 is 26.9. The molecule has 1 fully saturated rings. The zero-order valence-corrected chi connectivity index (χ0v) is 18.9. The molecule has 1 aliphatic carbocycles. The third kappa shape index (κ3) is 4.57. The molecule has 31 heavy (non-hydrogen) atoms. The number of amides is 3. The van der Waals surface area contributed by atoms with Gasteiger partial charge in [0.05, 0.1) is 16.7 Å².